The number of fused-ring (bicyclic) bond motifs is 2. The van der Waals surface area contributed by atoms with Crippen LogP contribution in [-0.2, 0) is 28.0 Å². The molecule has 0 atom stereocenters. The Kier molecular flexibility index (Phi) is 8.76. The molecule has 13 heteroatoms. The molecule has 0 saturated carbocycles. The van der Waals surface area contributed by atoms with Gasteiger partial charge in [0.1, 0.15) is 17.4 Å². The molecular formula is C37H29FN4O6S2. The van der Waals surface area contributed by atoms with Crippen LogP contribution in [0, 0.1) is 12.7 Å². The van der Waals surface area contributed by atoms with E-state index in [0.717, 1.165) is 22.5 Å². The first-order chi connectivity index (χ1) is 24.1. The number of thiazole rings is 1. The minimum absolute atomic E-state index is 0.0300. The van der Waals surface area contributed by atoms with Crippen LogP contribution in [0.5, 0.6) is 11.5 Å². The van der Waals surface area contributed by atoms with E-state index in [0.29, 0.717) is 16.5 Å². The Labute approximate surface area is 291 Å². The zero-order valence-corrected chi connectivity index (χ0v) is 28.4. The molecular weight excluding hydrogens is 680 g/mol. The Balaban J connectivity index is 1.40. The molecule has 3 heterocycles. The van der Waals surface area contributed by atoms with Crippen molar-refractivity contribution < 1.29 is 31.3 Å². The zero-order valence-electron chi connectivity index (χ0n) is 26.8. The fourth-order valence-corrected chi connectivity index (χ4v) is 8.30. The molecule has 50 heavy (non-hydrogen) atoms. The molecule has 0 aliphatic carbocycles. The SMILES string of the molecule is CC(=O)Nc1nc(C)c(S(=O)(=O)Oc2c3c(c(OC(c4ccccc4)c4ccccc4)c4ncccc24)C(=O)N(Cc2ccc(F)cc2)C3)s1. The molecule has 0 bridgehead atoms. The summed E-state index contributed by atoms with van der Waals surface area (Å²) in [4.78, 5) is 36.4. The number of halogens is 1. The molecule has 252 valence electrons. The van der Waals surface area contributed by atoms with Crippen LogP contribution in [-0.4, -0.2) is 35.1 Å². The molecule has 0 spiro atoms. The predicted octanol–water partition coefficient (Wildman–Crippen LogP) is 7.19. The highest BCUT2D eigenvalue weighted by Crippen LogP contribution is 2.47. The fraction of sp³-hybridized carbons (Fsp3) is 0.135. The molecule has 2 amide bonds. The van der Waals surface area contributed by atoms with Crippen LogP contribution in [0.1, 0.15) is 51.3 Å². The fourth-order valence-electron chi connectivity index (χ4n) is 5.91. The van der Waals surface area contributed by atoms with Crippen LogP contribution in [0.3, 0.4) is 0 Å². The standard InChI is InChI=1S/C37H29FN4O6S2/c1-22-36(49-37(40-22)41-23(2)43)50(45,46)48-33-28-14-9-19-39-31(28)34(47-32(25-10-5-3-6-11-25)26-12-7-4-8-13-26)30-29(33)21-42(35(30)44)20-24-15-17-27(38)18-16-24/h3-19,32H,20-21H2,1-2H3,(H,40,41,43). The van der Waals surface area contributed by atoms with E-state index in [2.05, 4.69) is 15.3 Å². The minimum Gasteiger partial charge on any atom is -0.478 e. The van der Waals surface area contributed by atoms with Crippen LogP contribution in [0.2, 0.25) is 0 Å². The van der Waals surface area contributed by atoms with Crippen molar-refractivity contribution in [2.45, 2.75) is 37.3 Å². The van der Waals surface area contributed by atoms with Gasteiger partial charge in [0.25, 0.3) is 5.91 Å². The monoisotopic (exact) mass is 708 g/mol. The van der Waals surface area contributed by atoms with Crippen molar-refractivity contribution in [2.24, 2.45) is 0 Å². The van der Waals surface area contributed by atoms with Crippen LogP contribution >= 0.6 is 11.3 Å². The summed E-state index contributed by atoms with van der Waals surface area (Å²) in [5.74, 6) is -1.15. The third kappa shape index (κ3) is 6.40. The number of carbonyl (C=O) groups is 2. The summed E-state index contributed by atoms with van der Waals surface area (Å²) in [5.41, 5.74) is 3.09. The topological polar surface area (TPSA) is 128 Å². The van der Waals surface area contributed by atoms with E-state index in [-0.39, 0.29) is 50.7 Å². The van der Waals surface area contributed by atoms with Gasteiger partial charge in [-0.05, 0) is 47.9 Å². The number of pyridine rings is 1. The number of hydrogen-bond donors (Lipinski definition) is 1. The number of rotatable bonds is 10. The van der Waals surface area contributed by atoms with Crippen molar-refractivity contribution in [1.82, 2.24) is 14.9 Å². The average Bonchev–Trinajstić information content (AvgIpc) is 3.64. The van der Waals surface area contributed by atoms with Gasteiger partial charge in [-0.15, -0.1) is 0 Å². The average molecular weight is 709 g/mol. The first kappa shape index (κ1) is 32.9. The lowest BCUT2D eigenvalue weighted by Gasteiger charge is -2.23. The van der Waals surface area contributed by atoms with Gasteiger partial charge >= 0.3 is 10.1 Å². The highest BCUT2D eigenvalue weighted by molar-refractivity contribution is 7.89. The van der Waals surface area contributed by atoms with Crippen molar-refractivity contribution in [1.29, 1.82) is 0 Å². The normalized spacial score (nSPS) is 12.7. The maximum absolute atomic E-state index is 14.4. The smallest absolute Gasteiger partial charge is 0.350 e. The largest absolute Gasteiger partial charge is 0.478 e. The molecule has 0 fully saturated rings. The van der Waals surface area contributed by atoms with Gasteiger partial charge in [0.05, 0.1) is 17.8 Å². The molecule has 2 aromatic heterocycles. The lowest BCUT2D eigenvalue weighted by atomic mass is 9.99. The Morgan fingerprint density at radius 3 is 2.26 bits per heavy atom. The number of amides is 2. The number of ether oxygens (including phenoxy) is 1. The Bertz CT molecular complexity index is 2310. The van der Waals surface area contributed by atoms with Crippen molar-refractivity contribution in [3.63, 3.8) is 0 Å². The molecule has 0 unspecified atom stereocenters. The first-order valence-corrected chi connectivity index (χ1v) is 17.7. The maximum Gasteiger partial charge on any atom is 0.350 e. The Morgan fingerprint density at radius 2 is 1.62 bits per heavy atom. The molecule has 0 saturated heterocycles. The molecule has 7 rings (SSSR count). The highest BCUT2D eigenvalue weighted by Gasteiger charge is 2.39. The van der Waals surface area contributed by atoms with Gasteiger partial charge in [0, 0.05) is 30.6 Å². The van der Waals surface area contributed by atoms with Gasteiger partial charge in [-0.25, -0.2) is 9.37 Å². The summed E-state index contributed by atoms with van der Waals surface area (Å²) in [7, 11) is -4.53. The van der Waals surface area contributed by atoms with E-state index in [4.69, 9.17) is 8.92 Å². The predicted molar refractivity (Wildman–Crippen MR) is 186 cm³/mol. The summed E-state index contributed by atoms with van der Waals surface area (Å²) in [6, 6.07) is 28.2. The van der Waals surface area contributed by atoms with Gasteiger partial charge < -0.3 is 19.1 Å². The quantitative estimate of drug-likeness (QED) is 0.148. The molecule has 1 aliphatic rings. The van der Waals surface area contributed by atoms with E-state index < -0.39 is 33.9 Å². The number of anilines is 1. The minimum atomic E-state index is -4.53. The number of hydrogen-bond acceptors (Lipinski definition) is 9. The maximum atomic E-state index is 14.4. The molecule has 6 aromatic rings. The molecule has 0 radical (unpaired) electrons. The summed E-state index contributed by atoms with van der Waals surface area (Å²) >= 11 is 0.759. The number of nitrogens with zero attached hydrogens (tertiary/aromatic N) is 3. The lowest BCUT2D eigenvalue weighted by Crippen LogP contribution is -2.23. The van der Waals surface area contributed by atoms with Crippen molar-refractivity contribution in [2.75, 3.05) is 5.32 Å². The molecule has 1 N–H and O–H groups in total. The zero-order chi connectivity index (χ0) is 35.0. The number of benzene rings is 4. The molecule has 4 aromatic carbocycles. The third-order valence-electron chi connectivity index (χ3n) is 8.10. The van der Waals surface area contributed by atoms with Gasteiger partial charge in [-0.2, -0.15) is 8.42 Å². The van der Waals surface area contributed by atoms with E-state index >= 15 is 0 Å². The Hall–Kier alpha value is -5.66. The van der Waals surface area contributed by atoms with E-state index in [9.17, 15) is 22.4 Å². The summed E-state index contributed by atoms with van der Waals surface area (Å²) in [5, 5.41) is 2.92. The molecule has 1 aliphatic heterocycles. The van der Waals surface area contributed by atoms with Crippen LogP contribution in [0.15, 0.2) is 107 Å². The van der Waals surface area contributed by atoms with Crippen molar-refractivity contribution in [3.05, 3.63) is 143 Å². The second kappa shape index (κ2) is 13.3. The van der Waals surface area contributed by atoms with Gasteiger partial charge in [-0.1, -0.05) is 84.1 Å². The number of carbonyl (C=O) groups excluding carboxylic acids is 2. The van der Waals surface area contributed by atoms with Crippen molar-refractivity contribution in [3.8, 4) is 11.5 Å². The second-order valence-corrected chi connectivity index (χ2v) is 14.4. The highest BCUT2D eigenvalue weighted by atomic mass is 32.3. The van der Waals surface area contributed by atoms with Gasteiger partial charge in [0.15, 0.2) is 20.8 Å². The third-order valence-corrected chi connectivity index (χ3v) is 11.0. The summed E-state index contributed by atoms with van der Waals surface area (Å²) in [6.07, 6.45) is 0.871. The van der Waals surface area contributed by atoms with Crippen LogP contribution in [0.4, 0.5) is 9.52 Å². The number of aryl methyl sites for hydroxylation is 1. The number of nitrogens with one attached hydrogen (secondary N) is 1. The van der Waals surface area contributed by atoms with Gasteiger partial charge in [0.2, 0.25) is 5.91 Å². The molecule has 10 nitrogen and oxygen atoms in total. The summed E-state index contributed by atoms with van der Waals surface area (Å²) in [6.45, 7) is 2.87. The van der Waals surface area contributed by atoms with Crippen LogP contribution < -0.4 is 14.2 Å². The lowest BCUT2D eigenvalue weighted by molar-refractivity contribution is -0.114. The van der Waals surface area contributed by atoms with E-state index in [1.807, 2.05) is 60.7 Å². The second-order valence-electron chi connectivity index (χ2n) is 11.6. The van der Waals surface area contributed by atoms with E-state index in [1.54, 1.807) is 24.3 Å². The number of aromatic nitrogens is 2. The first-order valence-electron chi connectivity index (χ1n) is 15.5. The van der Waals surface area contributed by atoms with Gasteiger partial charge in [-0.3, -0.25) is 14.6 Å². The van der Waals surface area contributed by atoms with Crippen LogP contribution in [0.25, 0.3) is 10.9 Å². The Morgan fingerprint density at radius 1 is 0.960 bits per heavy atom. The summed E-state index contributed by atoms with van der Waals surface area (Å²) < 4.78 is 54.2. The van der Waals surface area contributed by atoms with E-state index in [1.165, 1.54) is 37.1 Å². The van der Waals surface area contributed by atoms with Crippen molar-refractivity contribution >= 4 is 49.3 Å².